The number of fused-ring (bicyclic) bond motifs is 1. The summed E-state index contributed by atoms with van der Waals surface area (Å²) < 4.78 is 24.7. The first-order valence-electron chi connectivity index (χ1n) is 11.3. The smallest absolute Gasteiger partial charge is 0.359 e. The highest BCUT2D eigenvalue weighted by atomic mass is 35.5. The first kappa shape index (κ1) is 26.3. The molecule has 1 aliphatic heterocycles. The van der Waals surface area contributed by atoms with E-state index in [0.717, 1.165) is 19.3 Å². The second-order valence-electron chi connectivity index (χ2n) is 8.95. The van der Waals surface area contributed by atoms with Crippen molar-refractivity contribution >= 4 is 36.0 Å². The van der Waals surface area contributed by atoms with Gasteiger partial charge in [-0.1, -0.05) is 5.21 Å². The molecule has 5 atom stereocenters. The third kappa shape index (κ3) is 4.94. The molecule has 1 aliphatic carbocycles. The SMILES string of the molecule is O=P(O)(O)C(CO)(Cc1nn[nH]n1)OC[C@@H]1O[C@H](n2ncc3c(NC4CCC4)nc(Cl)nc32)[C@@H](O)[C@H]1O. The molecular formula is C18H25ClN9O8P. The van der Waals surface area contributed by atoms with E-state index in [1.807, 2.05) is 0 Å². The van der Waals surface area contributed by atoms with Crippen molar-refractivity contribution in [2.45, 2.75) is 61.6 Å². The zero-order valence-electron chi connectivity index (χ0n) is 19.1. The van der Waals surface area contributed by atoms with Crippen molar-refractivity contribution in [3.8, 4) is 0 Å². The number of aromatic nitrogens is 8. The van der Waals surface area contributed by atoms with Crippen molar-refractivity contribution in [3.05, 3.63) is 17.3 Å². The van der Waals surface area contributed by atoms with Crippen molar-refractivity contribution in [2.75, 3.05) is 18.5 Å². The van der Waals surface area contributed by atoms with Gasteiger partial charge in [-0.3, -0.25) is 4.57 Å². The van der Waals surface area contributed by atoms with E-state index in [1.54, 1.807) is 0 Å². The van der Waals surface area contributed by atoms with E-state index in [4.69, 9.17) is 21.1 Å². The summed E-state index contributed by atoms with van der Waals surface area (Å²) in [6.07, 6.45) is -1.55. The van der Waals surface area contributed by atoms with Crippen molar-refractivity contribution in [2.24, 2.45) is 0 Å². The molecule has 1 saturated carbocycles. The van der Waals surface area contributed by atoms with Gasteiger partial charge >= 0.3 is 7.60 Å². The molecule has 17 nitrogen and oxygen atoms in total. The molecule has 2 fully saturated rings. The Morgan fingerprint density at radius 3 is 2.70 bits per heavy atom. The summed E-state index contributed by atoms with van der Waals surface area (Å²) in [4.78, 5) is 28.3. The van der Waals surface area contributed by atoms with Crippen LogP contribution in [0, 0.1) is 0 Å². The average Bonchev–Trinajstić information content (AvgIpc) is 3.54. The third-order valence-electron chi connectivity index (χ3n) is 6.57. The Kier molecular flexibility index (Phi) is 7.16. The molecule has 4 heterocycles. The molecule has 0 spiro atoms. The standard InChI is InChI=1S/C18H25ClN9O8P/c19-17-22-14(21-8-2-1-3-8)9-5-20-28(15(9)23-17)16-13(31)12(30)10(36-16)6-35-18(7-29,37(32,33)34)4-11-24-26-27-25-11/h5,8,10,12-13,16,29-31H,1-4,6-7H2,(H,21,22,23)(H2,32,33,34)(H,24,25,26,27)/t10-,12-,13-,16-,18?/m0/s1. The minimum Gasteiger partial charge on any atom is -0.393 e. The van der Waals surface area contributed by atoms with E-state index in [0.29, 0.717) is 11.2 Å². The molecule has 1 saturated heterocycles. The Labute approximate surface area is 213 Å². The third-order valence-corrected chi connectivity index (χ3v) is 8.23. The van der Waals surface area contributed by atoms with E-state index in [9.17, 15) is 29.7 Å². The molecule has 19 heteroatoms. The topological polar surface area (TPSA) is 247 Å². The van der Waals surface area contributed by atoms with Crippen molar-refractivity contribution in [1.29, 1.82) is 0 Å². The summed E-state index contributed by atoms with van der Waals surface area (Å²) in [6, 6.07) is 0.252. The maximum Gasteiger partial charge on any atom is 0.359 e. The number of ether oxygens (including phenoxy) is 2. The molecule has 37 heavy (non-hydrogen) atoms. The summed E-state index contributed by atoms with van der Waals surface area (Å²) in [5.74, 6) is 0.365. The fourth-order valence-electron chi connectivity index (χ4n) is 4.18. The number of tetrazole rings is 1. The largest absolute Gasteiger partial charge is 0.393 e. The van der Waals surface area contributed by atoms with Gasteiger partial charge in [0.25, 0.3) is 0 Å². The molecular weight excluding hydrogens is 537 g/mol. The summed E-state index contributed by atoms with van der Waals surface area (Å²) in [5, 5.41) is 49.5. The zero-order valence-corrected chi connectivity index (χ0v) is 20.8. The second kappa shape index (κ2) is 10.1. The molecule has 1 unspecified atom stereocenters. The Bertz CT molecular complexity index is 1290. The van der Waals surface area contributed by atoms with Crippen LogP contribution in [0.15, 0.2) is 6.20 Å². The van der Waals surface area contributed by atoms with Crippen molar-refractivity contribution < 1.29 is 39.1 Å². The van der Waals surface area contributed by atoms with Crippen LogP contribution in [0.5, 0.6) is 0 Å². The number of hydrogen-bond donors (Lipinski definition) is 7. The van der Waals surface area contributed by atoms with Gasteiger partial charge in [0, 0.05) is 6.04 Å². The van der Waals surface area contributed by atoms with Crippen molar-refractivity contribution in [3.63, 3.8) is 0 Å². The quantitative estimate of drug-likeness (QED) is 0.112. The average molecular weight is 562 g/mol. The van der Waals surface area contributed by atoms with Crippen LogP contribution in [-0.2, 0) is 20.5 Å². The molecule has 0 amide bonds. The van der Waals surface area contributed by atoms with Gasteiger partial charge in [0.1, 0.15) is 24.1 Å². The number of H-pyrrole nitrogens is 1. The summed E-state index contributed by atoms with van der Waals surface area (Å²) in [7, 11) is -5.11. The van der Waals surface area contributed by atoms with E-state index < -0.39 is 57.1 Å². The fourth-order valence-corrected chi connectivity index (χ4v) is 5.12. The fraction of sp³-hybridized carbons (Fsp3) is 0.667. The predicted molar refractivity (Wildman–Crippen MR) is 123 cm³/mol. The lowest BCUT2D eigenvalue weighted by molar-refractivity contribution is -0.109. The maximum atomic E-state index is 12.2. The monoisotopic (exact) mass is 561 g/mol. The lowest BCUT2D eigenvalue weighted by Crippen LogP contribution is -2.43. The lowest BCUT2D eigenvalue weighted by Gasteiger charge is -2.32. The van der Waals surface area contributed by atoms with Gasteiger partial charge in [0.05, 0.1) is 31.2 Å². The molecule has 3 aromatic rings. The van der Waals surface area contributed by atoms with E-state index in [1.165, 1.54) is 10.9 Å². The van der Waals surface area contributed by atoms with Gasteiger partial charge in [0.2, 0.25) is 5.28 Å². The molecule has 3 aromatic heterocycles. The summed E-state index contributed by atoms with van der Waals surface area (Å²) >= 11 is 6.12. The number of aliphatic hydroxyl groups is 3. The van der Waals surface area contributed by atoms with Crippen molar-refractivity contribution in [1.82, 2.24) is 40.4 Å². The summed E-state index contributed by atoms with van der Waals surface area (Å²) in [5.41, 5.74) is 0.247. The lowest BCUT2D eigenvalue weighted by atomic mass is 9.93. The van der Waals surface area contributed by atoms with Gasteiger partial charge in [-0.2, -0.15) is 20.3 Å². The van der Waals surface area contributed by atoms with Crippen LogP contribution in [0.4, 0.5) is 5.82 Å². The number of aliphatic hydroxyl groups excluding tert-OH is 3. The minimum absolute atomic E-state index is 0.0557. The molecule has 0 aromatic carbocycles. The highest BCUT2D eigenvalue weighted by Crippen LogP contribution is 2.53. The van der Waals surface area contributed by atoms with E-state index in [2.05, 4.69) is 41.0 Å². The normalized spacial score (nSPS) is 26.3. The van der Waals surface area contributed by atoms with E-state index in [-0.39, 0.29) is 22.8 Å². The van der Waals surface area contributed by atoms with Crippen LogP contribution in [0.1, 0.15) is 31.3 Å². The highest BCUT2D eigenvalue weighted by molar-refractivity contribution is 7.53. The van der Waals surface area contributed by atoms with Crippen LogP contribution in [0.2, 0.25) is 5.28 Å². The maximum absolute atomic E-state index is 12.2. The van der Waals surface area contributed by atoms with Crippen LogP contribution in [0.25, 0.3) is 11.0 Å². The molecule has 202 valence electrons. The number of halogens is 1. The number of nitrogens with one attached hydrogen (secondary N) is 2. The molecule has 0 radical (unpaired) electrons. The van der Waals surface area contributed by atoms with Crippen LogP contribution in [0.3, 0.4) is 0 Å². The van der Waals surface area contributed by atoms with E-state index >= 15 is 0 Å². The van der Waals surface area contributed by atoms with Crippen LogP contribution >= 0.6 is 19.2 Å². The summed E-state index contributed by atoms with van der Waals surface area (Å²) in [6.45, 7) is -1.71. The van der Waals surface area contributed by atoms with Gasteiger partial charge in [-0.25, -0.2) is 4.68 Å². The number of hydrogen-bond acceptors (Lipinski definition) is 13. The number of anilines is 1. The molecule has 7 N–H and O–H groups in total. The van der Waals surface area contributed by atoms with Gasteiger partial charge in [-0.15, -0.1) is 10.2 Å². The first-order valence-corrected chi connectivity index (χ1v) is 13.3. The Balaban J connectivity index is 1.36. The van der Waals surface area contributed by atoms with Gasteiger partial charge < -0.3 is 39.9 Å². The number of nitrogens with zero attached hydrogens (tertiary/aromatic N) is 7. The van der Waals surface area contributed by atoms with Gasteiger partial charge in [0.15, 0.2) is 23.0 Å². The Hall–Kier alpha value is -2.34. The van der Waals surface area contributed by atoms with Gasteiger partial charge in [-0.05, 0) is 30.9 Å². The molecule has 5 rings (SSSR count). The Morgan fingerprint density at radius 2 is 2.08 bits per heavy atom. The predicted octanol–water partition coefficient (Wildman–Crippen LogP) is -1.30. The molecule has 2 aliphatic rings. The second-order valence-corrected chi connectivity index (χ2v) is 11.2. The highest BCUT2D eigenvalue weighted by Gasteiger charge is 2.52. The zero-order chi connectivity index (χ0) is 26.4. The number of aromatic amines is 1. The first-order chi connectivity index (χ1) is 17.6. The minimum atomic E-state index is -5.11. The number of rotatable bonds is 10. The van der Waals surface area contributed by atoms with Crippen LogP contribution in [-0.4, -0.2) is 108 Å². The molecule has 0 bridgehead atoms. The Morgan fingerprint density at radius 1 is 1.30 bits per heavy atom. The van der Waals surface area contributed by atoms with Crippen LogP contribution < -0.4 is 5.32 Å².